The Balaban J connectivity index is 2.19. The van der Waals surface area contributed by atoms with Crippen molar-refractivity contribution in [3.8, 4) is 0 Å². The molecule has 1 heterocycles. The summed E-state index contributed by atoms with van der Waals surface area (Å²) in [5, 5.41) is 3.53. The van der Waals surface area contributed by atoms with Gasteiger partial charge in [0.1, 0.15) is 0 Å². The van der Waals surface area contributed by atoms with Crippen molar-refractivity contribution in [2.45, 2.75) is 18.9 Å². The second-order valence-electron chi connectivity index (χ2n) is 2.53. The van der Waals surface area contributed by atoms with Crippen molar-refractivity contribution in [1.29, 1.82) is 0 Å². The highest BCUT2D eigenvalue weighted by molar-refractivity contribution is 7.80. The van der Waals surface area contributed by atoms with Crippen molar-refractivity contribution in [2.24, 2.45) is 5.84 Å². The van der Waals surface area contributed by atoms with E-state index in [9.17, 15) is 0 Å². The minimum atomic E-state index is 0.326. The lowest BCUT2D eigenvalue weighted by Gasteiger charge is -2.23. The first-order chi connectivity index (χ1) is 5.33. The van der Waals surface area contributed by atoms with Crippen molar-refractivity contribution >= 4 is 17.3 Å². The van der Waals surface area contributed by atoms with E-state index in [1.165, 1.54) is 0 Å². The maximum Gasteiger partial charge on any atom is 0.180 e. The third-order valence-electron chi connectivity index (χ3n) is 1.63. The summed E-state index contributed by atoms with van der Waals surface area (Å²) in [6.07, 6.45) is 2.19. The predicted molar refractivity (Wildman–Crippen MR) is 46.9 cm³/mol. The van der Waals surface area contributed by atoms with Crippen LogP contribution in [-0.2, 0) is 4.74 Å². The van der Waals surface area contributed by atoms with Crippen LogP contribution in [0, 0.1) is 0 Å². The largest absolute Gasteiger partial charge is 0.379 e. The summed E-state index contributed by atoms with van der Waals surface area (Å²) in [5.41, 5.74) is 2.38. The molecule has 0 saturated carbocycles. The van der Waals surface area contributed by atoms with Gasteiger partial charge >= 0.3 is 0 Å². The van der Waals surface area contributed by atoms with Gasteiger partial charge in [-0.1, -0.05) is 0 Å². The van der Waals surface area contributed by atoms with E-state index in [4.69, 9.17) is 22.8 Å². The van der Waals surface area contributed by atoms with Gasteiger partial charge in [0.05, 0.1) is 12.6 Å². The Morgan fingerprint density at radius 1 is 1.64 bits per heavy atom. The number of hydrazine groups is 1. The van der Waals surface area contributed by atoms with E-state index in [0.717, 1.165) is 26.1 Å². The summed E-state index contributed by atoms with van der Waals surface area (Å²) in [5.74, 6) is 5.09. The van der Waals surface area contributed by atoms with Crippen molar-refractivity contribution in [3.63, 3.8) is 0 Å². The van der Waals surface area contributed by atoms with E-state index in [0.29, 0.717) is 11.2 Å². The average molecular weight is 175 g/mol. The molecule has 5 heteroatoms. The normalized spacial score (nSPS) is 24.3. The molecule has 1 unspecified atom stereocenters. The van der Waals surface area contributed by atoms with E-state index in [-0.39, 0.29) is 0 Å². The molecule has 0 bridgehead atoms. The first kappa shape index (κ1) is 8.70. The van der Waals surface area contributed by atoms with Crippen LogP contribution in [0.2, 0.25) is 0 Å². The first-order valence-corrected chi connectivity index (χ1v) is 4.08. The van der Waals surface area contributed by atoms with E-state index < -0.39 is 0 Å². The molecule has 0 radical (unpaired) electrons. The lowest BCUT2D eigenvalue weighted by molar-refractivity contribution is 0.0763. The summed E-state index contributed by atoms with van der Waals surface area (Å²) < 4.78 is 5.24. The lowest BCUT2D eigenvalue weighted by Crippen LogP contribution is -2.47. The predicted octanol–water partition coefficient (Wildman–Crippen LogP) is -0.497. The van der Waals surface area contributed by atoms with Gasteiger partial charge in [0.25, 0.3) is 0 Å². The molecule has 0 aromatic carbocycles. The third-order valence-corrected chi connectivity index (χ3v) is 1.86. The number of hydrogen-bond donors (Lipinski definition) is 3. The Hall–Kier alpha value is -0.390. The molecule has 4 N–H and O–H groups in total. The average Bonchev–Trinajstić information content (AvgIpc) is 2.06. The fourth-order valence-corrected chi connectivity index (χ4v) is 1.25. The van der Waals surface area contributed by atoms with Crippen LogP contribution in [0.4, 0.5) is 0 Å². The molecule has 0 spiro atoms. The minimum Gasteiger partial charge on any atom is -0.379 e. The lowest BCUT2D eigenvalue weighted by atomic mass is 10.1. The van der Waals surface area contributed by atoms with Gasteiger partial charge in [-0.25, -0.2) is 5.84 Å². The van der Waals surface area contributed by atoms with Crippen molar-refractivity contribution in [2.75, 3.05) is 13.2 Å². The van der Waals surface area contributed by atoms with Crippen LogP contribution in [0.5, 0.6) is 0 Å². The van der Waals surface area contributed by atoms with E-state index in [1.807, 2.05) is 0 Å². The SMILES string of the molecule is NNC(=S)NC1CCCOC1. The van der Waals surface area contributed by atoms with Crippen molar-refractivity contribution < 1.29 is 4.74 Å². The zero-order valence-corrected chi connectivity index (χ0v) is 7.12. The molecule has 0 aromatic rings. The molecular formula is C6H13N3OS. The molecule has 1 fully saturated rings. The molecule has 1 aliphatic rings. The molecule has 1 saturated heterocycles. The summed E-state index contributed by atoms with van der Waals surface area (Å²) in [4.78, 5) is 0. The van der Waals surface area contributed by atoms with Crippen molar-refractivity contribution in [1.82, 2.24) is 10.7 Å². The maximum atomic E-state index is 5.24. The smallest absolute Gasteiger partial charge is 0.180 e. The van der Waals surface area contributed by atoms with Crippen LogP contribution < -0.4 is 16.6 Å². The Kier molecular flexibility index (Phi) is 3.55. The van der Waals surface area contributed by atoms with Gasteiger partial charge in [-0.2, -0.15) is 0 Å². The molecule has 0 aliphatic carbocycles. The van der Waals surface area contributed by atoms with Crippen LogP contribution in [0.25, 0.3) is 0 Å². The van der Waals surface area contributed by atoms with Crippen LogP contribution in [0.3, 0.4) is 0 Å². The minimum absolute atomic E-state index is 0.326. The van der Waals surface area contributed by atoms with E-state index in [1.54, 1.807) is 0 Å². The molecular weight excluding hydrogens is 162 g/mol. The zero-order chi connectivity index (χ0) is 8.10. The third kappa shape index (κ3) is 3.00. The van der Waals surface area contributed by atoms with Crippen LogP contribution in [-0.4, -0.2) is 24.4 Å². The zero-order valence-electron chi connectivity index (χ0n) is 6.30. The Bertz CT molecular complexity index is 136. The topological polar surface area (TPSA) is 59.3 Å². The quantitative estimate of drug-likeness (QED) is 0.285. The standard InChI is InChI=1S/C6H13N3OS/c7-9-6(11)8-5-2-1-3-10-4-5/h5H,1-4,7H2,(H2,8,9,11). The summed E-state index contributed by atoms with van der Waals surface area (Å²) in [6, 6.07) is 0.326. The van der Waals surface area contributed by atoms with Gasteiger partial charge in [0.2, 0.25) is 0 Å². The number of nitrogens with two attached hydrogens (primary N) is 1. The Labute approximate surface area is 71.4 Å². The van der Waals surface area contributed by atoms with Crippen LogP contribution in [0.15, 0.2) is 0 Å². The van der Waals surface area contributed by atoms with Gasteiger partial charge in [-0.3, -0.25) is 0 Å². The Morgan fingerprint density at radius 2 is 2.45 bits per heavy atom. The summed E-state index contributed by atoms with van der Waals surface area (Å²) in [7, 11) is 0. The van der Waals surface area contributed by atoms with Gasteiger partial charge in [0.15, 0.2) is 5.11 Å². The van der Waals surface area contributed by atoms with Gasteiger partial charge in [0, 0.05) is 6.61 Å². The molecule has 1 aliphatic heterocycles. The molecule has 11 heavy (non-hydrogen) atoms. The van der Waals surface area contributed by atoms with Crippen LogP contribution >= 0.6 is 12.2 Å². The fourth-order valence-electron chi connectivity index (χ4n) is 1.08. The van der Waals surface area contributed by atoms with Gasteiger partial charge < -0.3 is 15.5 Å². The molecule has 0 aromatic heterocycles. The first-order valence-electron chi connectivity index (χ1n) is 3.68. The van der Waals surface area contributed by atoms with Gasteiger partial charge in [-0.05, 0) is 25.1 Å². The maximum absolute atomic E-state index is 5.24. The monoisotopic (exact) mass is 175 g/mol. The number of thiocarbonyl (C=S) groups is 1. The van der Waals surface area contributed by atoms with Gasteiger partial charge in [-0.15, -0.1) is 0 Å². The molecule has 1 rings (SSSR count). The highest BCUT2D eigenvalue weighted by Gasteiger charge is 2.13. The fraction of sp³-hybridized carbons (Fsp3) is 0.833. The molecule has 64 valence electrons. The molecule has 4 nitrogen and oxygen atoms in total. The second-order valence-corrected chi connectivity index (χ2v) is 2.94. The number of ether oxygens (including phenoxy) is 1. The highest BCUT2D eigenvalue weighted by atomic mass is 32.1. The number of rotatable bonds is 1. The summed E-state index contributed by atoms with van der Waals surface area (Å²) >= 11 is 4.83. The summed E-state index contributed by atoms with van der Waals surface area (Å²) in [6.45, 7) is 1.59. The van der Waals surface area contributed by atoms with Crippen molar-refractivity contribution in [3.05, 3.63) is 0 Å². The highest BCUT2D eigenvalue weighted by Crippen LogP contribution is 2.04. The molecule has 1 atom stereocenters. The number of hydrogen-bond acceptors (Lipinski definition) is 3. The van der Waals surface area contributed by atoms with E-state index >= 15 is 0 Å². The Morgan fingerprint density at radius 3 is 3.00 bits per heavy atom. The van der Waals surface area contributed by atoms with E-state index in [2.05, 4.69) is 10.7 Å². The second kappa shape index (κ2) is 4.48. The number of nitrogens with one attached hydrogen (secondary N) is 2. The molecule has 0 amide bonds. The van der Waals surface area contributed by atoms with Crippen LogP contribution in [0.1, 0.15) is 12.8 Å².